The summed E-state index contributed by atoms with van der Waals surface area (Å²) in [6.07, 6.45) is 5.17. The Hall–Kier alpha value is -0.570. The van der Waals surface area contributed by atoms with Crippen molar-refractivity contribution >= 4 is 5.91 Å². The molecule has 0 bridgehead atoms. The first kappa shape index (κ1) is 14.5. The Labute approximate surface area is 106 Å². The van der Waals surface area contributed by atoms with E-state index < -0.39 is 5.54 Å². The van der Waals surface area contributed by atoms with Crippen molar-refractivity contribution in [3.05, 3.63) is 0 Å². The van der Waals surface area contributed by atoms with E-state index in [0.29, 0.717) is 5.41 Å². The van der Waals surface area contributed by atoms with Gasteiger partial charge in [0.05, 0.1) is 5.54 Å². The minimum atomic E-state index is -0.674. The third kappa shape index (κ3) is 3.01. The third-order valence-electron chi connectivity index (χ3n) is 4.48. The largest absolute Gasteiger partial charge is 0.341 e. The number of hydrogen-bond acceptors (Lipinski definition) is 2. The lowest BCUT2D eigenvalue weighted by Gasteiger charge is -2.31. The summed E-state index contributed by atoms with van der Waals surface area (Å²) in [4.78, 5) is 14.4. The molecule has 0 aromatic carbocycles. The van der Waals surface area contributed by atoms with Crippen molar-refractivity contribution in [1.82, 2.24) is 4.90 Å². The lowest BCUT2D eigenvalue weighted by molar-refractivity contribution is -0.136. The Balaban J connectivity index is 2.68. The maximum atomic E-state index is 12.4. The summed E-state index contributed by atoms with van der Waals surface area (Å²) in [6.45, 7) is 10.2. The molecular weight excluding hydrogens is 212 g/mol. The van der Waals surface area contributed by atoms with Gasteiger partial charge in [0.2, 0.25) is 5.91 Å². The SMILES string of the molecule is CCCC(C)(N)C(=O)N1CCC(CC)(CC)C1. The second kappa shape index (κ2) is 5.38. The summed E-state index contributed by atoms with van der Waals surface area (Å²) in [5.74, 6) is 0.142. The molecule has 0 aliphatic carbocycles. The van der Waals surface area contributed by atoms with Gasteiger partial charge in [0.25, 0.3) is 0 Å². The fourth-order valence-electron chi connectivity index (χ4n) is 2.92. The molecule has 1 atom stereocenters. The standard InChI is InChI=1S/C14H28N2O/c1-5-8-13(4,15)12(17)16-10-9-14(6-2,7-3)11-16/h5-11,15H2,1-4H3. The first-order chi connectivity index (χ1) is 7.90. The van der Waals surface area contributed by atoms with Crippen LogP contribution in [0.4, 0.5) is 0 Å². The lowest BCUT2D eigenvalue weighted by atomic mass is 9.82. The molecule has 1 aliphatic rings. The molecule has 1 unspecified atom stereocenters. The highest BCUT2D eigenvalue weighted by atomic mass is 16.2. The van der Waals surface area contributed by atoms with Crippen molar-refractivity contribution < 1.29 is 4.79 Å². The first-order valence-electron chi connectivity index (χ1n) is 6.99. The van der Waals surface area contributed by atoms with Crippen LogP contribution in [0.15, 0.2) is 0 Å². The van der Waals surface area contributed by atoms with Gasteiger partial charge in [-0.1, -0.05) is 27.2 Å². The summed E-state index contributed by atoms with van der Waals surface area (Å²) < 4.78 is 0. The highest BCUT2D eigenvalue weighted by molar-refractivity contribution is 5.86. The quantitative estimate of drug-likeness (QED) is 0.802. The topological polar surface area (TPSA) is 46.3 Å². The second-order valence-electron chi connectivity index (χ2n) is 5.85. The van der Waals surface area contributed by atoms with E-state index in [4.69, 9.17) is 5.73 Å². The Bertz CT molecular complexity index is 269. The van der Waals surface area contributed by atoms with E-state index in [1.807, 2.05) is 11.8 Å². The number of hydrogen-bond donors (Lipinski definition) is 1. The van der Waals surface area contributed by atoms with Crippen LogP contribution in [-0.2, 0) is 4.79 Å². The van der Waals surface area contributed by atoms with Gasteiger partial charge in [-0.25, -0.2) is 0 Å². The van der Waals surface area contributed by atoms with Crippen molar-refractivity contribution in [2.75, 3.05) is 13.1 Å². The maximum Gasteiger partial charge on any atom is 0.242 e. The zero-order valence-corrected chi connectivity index (χ0v) is 11.9. The minimum Gasteiger partial charge on any atom is -0.341 e. The third-order valence-corrected chi connectivity index (χ3v) is 4.48. The highest BCUT2D eigenvalue weighted by Crippen LogP contribution is 2.37. The van der Waals surface area contributed by atoms with E-state index in [1.165, 1.54) is 0 Å². The number of likely N-dealkylation sites (tertiary alicyclic amines) is 1. The van der Waals surface area contributed by atoms with Gasteiger partial charge < -0.3 is 10.6 Å². The molecule has 1 amide bonds. The molecule has 1 fully saturated rings. The molecule has 17 heavy (non-hydrogen) atoms. The molecule has 0 aromatic heterocycles. The molecule has 1 heterocycles. The fraction of sp³-hybridized carbons (Fsp3) is 0.929. The van der Waals surface area contributed by atoms with Gasteiger partial charge in [0, 0.05) is 13.1 Å². The predicted octanol–water partition coefficient (Wildman–Crippen LogP) is 2.54. The van der Waals surface area contributed by atoms with Crippen LogP contribution in [0, 0.1) is 5.41 Å². The number of carbonyl (C=O) groups excluding carboxylic acids is 1. The van der Waals surface area contributed by atoms with E-state index in [-0.39, 0.29) is 5.91 Å². The van der Waals surface area contributed by atoms with Crippen molar-refractivity contribution in [1.29, 1.82) is 0 Å². The van der Waals surface area contributed by atoms with Crippen molar-refractivity contribution in [3.8, 4) is 0 Å². The van der Waals surface area contributed by atoms with Crippen LogP contribution in [-0.4, -0.2) is 29.4 Å². The summed E-state index contributed by atoms with van der Waals surface area (Å²) in [5.41, 5.74) is 5.80. The number of nitrogens with zero attached hydrogens (tertiary/aromatic N) is 1. The number of carbonyl (C=O) groups is 1. The lowest BCUT2D eigenvalue weighted by Crippen LogP contribution is -2.52. The zero-order valence-electron chi connectivity index (χ0n) is 11.9. The summed E-state index contributed by atoms with van der Waals surface area (Å²) >= 11 is 0. The fourth-order valence-corrected chi connectivity index (χ4v) is 2.92. The average molecular weight is 240 g/mol. The van der Waals surface area contributed by atoms with Gasteiger partial charge in [-0.3, -0.25) is 4.79 Å². The van der Waals surface area contributed by atoms with Crippen molar-refractivity contribution in [3.63, 3.8) is 0 Å². The Kier molecular flexibility index (Phi) is 4.59. The monoisotopic (exact) mass is 240 g/mol. The van der Waals surface area contributed by atoms with Gasteiger partial charge >= 0.3 is 0 Å². The van der Waals surface area contributed by atoms with Crippen LogP contribution in [0.25, 0.3) is 0 Å². The van der Waals surface area contributed by atoms with E-state index in [2.05, 4.69) is 20.8 Å². The normalized spacial score (nSPS) is 22.5. The van der Waals surface area contributed by atoms with Crippen molar-refractivity contribution in [2.45, 2.75) is 65.3 Å². The first-order valence-corrected chi connectivity index (χ1v) is 6.99. The number of nitrogens with two attached hydrogens (primary N) is 1. The summed E-state index contributed by atoms with van der Waals surface area (Å²) in [5, 5.41) is 0. The Morgan fingerprint density at radius 3 is 2.35 bits per heavy atom. The predicted molar refractivity (Wildman–Crippen MR) is 71.7 cm³/mol. The molecule has 3 heteroatoms. The van der Waals surface area contributed by atoms with Crippen LogP contribution in [0.1, 0.15) is 59.8 Å². The van der Waals surface area contributed by atoms with E-state index >= 15 is 0 Å². The van der Waals surface area contributed by atoms with Crippen LogP contribution < -0.4 is 5.73 Å². The minimum absolute atomic E-state index is 0.142. The molecular formula is C14H28N2O. The van der Waals surface area contributed by atoms with E-state index in [0.717, 1.165) is 45.2 Å². The molecule has 100 valence electrons. The highest BCUT2D eigenvalue weighted by Gasteiger charge is 2.41. The molecule has 3 nitrogen and oxygen atoms in total. The number of rotatable bonds is 5. The van der Waals surface area contributed by atoms with E-state index in [1.54, 1.807) is 0 Å². The molecule has 0 saturated carbocycles. The van der Waals surface area contributed by atoms with Gasteiger partial charge in [-0.15, -0.1) is 0 Å². The van der Waals surface area contributed by atoms with Gasteiger partial charge in [-0.2, -0.15) is 0 Å². The molecule has 0 radical (unpaired) electrons. The Morgan fingerprint density at radius 1 is 1.35 bits per heavy atom. The van der Waals surface area contributed by atoms with Crippen LogP contribution >= 0.6 is 0 Å². The smallest absolute Gasteiger partial charge is 0.242 e. The second-order valence-corrected chi connectivity index (χ2v) is 5.85. The summed E-state index contributed by atoms with van der Waals surface area (Å²) in [6, 6.07) is 0. The van der Waals surface area contributed by atoms with Crippen LogP contribution in [0.2, 0.25) is 0 Å². The van der Waals surface area contributed by atoms with E-state index in [9.17, 15) is 4.79 Å². The molecule has 0 spiro atoms. The van der Waals surface area contributed by atoms with Gasteiger partial charge in [0.1, 0.15) is 0 Å². The van der Waals surface area contributed by atoms with Crippen LogP contribution in [0.5, 0.6) is 0 Å². The van der Waals surface area contributed by atoms with Crippen LogP contribution in [0.3, 0.4) is 0 Å². The van der Waals surface area contributed by atoms with Gasteiger partial charge in [-0.05, 0) is 38.0 Å². The average Bonchev–Trinajstić information content (AvgIpc) is 2.73. The molecule has 1 saturated heterocycles. The molecule has 0 aromatic rings. The number of amides is 1. The molecule has 1 rings (SSSR count). The van der Waals surface area contributed by atoms with Crippen molar-refractivity contribution in [2.24, 2.45) is 11.1 Å². The molecule has 2 N–H and O–H groups in total. The molecule has 1 aliphatic heterocycles. The van der Waals surface area contributed by atoms with Gasteiger partial charge in [0.15, 0.2) is 0 Å². The summed E-state index contributed by atoms with van der Waals surface area (Å²) in [7, 11) is 0. The maximum absolute atomic E-state index is 12.4. The Morgan fingerprint density at radius 2 is 1.94 bits per heavy atom. The zero-order chi connectivity index (χ0) is 13.1.